The van der Waals surface area contributed by atoms with E-state index in [0.717, 1.165) is 33.0 Å². The van der Waals surface area contributed by atoms with E-state index < -0.39 is 6.10 Å². The molecule has 0 saturated carbocycles. The van der Waals surface area contributed by atoms with Gasteiger partial charge in [0.25, 0.3) is 0 Å². The Morgan fingerprint density at radius 3 is 2.08 bits per heavy atom. The third kappa shape index (κ3) is 2.41. The summed E-state index contributed by atoms with van der Waals surface area (Å²) in [4.78, 5) is 0. The molecule has 24 heavy (non-hydrogen) atoms. The van der Waals surface area contributed by atoms with Crippen LogP contribution in [0.25, 0.3) is 21.5 Å². The lowest BCUT2D eigenvalue weighted by atomic mass is 9.92. The van der Waals surface area contributed by atoms with Crippen LogP contribution >= 0.6 is 0 Å². The maximum absolute atomic E-state index is 11.0. The first-order chi connectivity index (χ1) is 11.8. The summed E-state index contributed by atoms with van der Waals surface area (Å²) in [6.07, 6.45) is -0.676. The molecule has 4 aromatic rings. The molecule has 0 spiro atoms. The fraction of sp³-hybridized carbons (Fsp3) is 0.0909. The molecule has 118 valence electrons. The molecule has 0 bridgehead atoms. The summed E-state index contributed by atoms with van der Waals surface area (Å²) in [7, 11) is 1.64. The van der Waals surface area contributed by atoms with E-state index in [2.05, 4.69) is 30.3 Å². The predicted octanol–water partition coefficient (Wildman–Crippen LogP) is 5.08. The summed E-state index contributed by atoms with van der Waals surface area (Å²) < 4.78 is 5.20. The maximum atomic E-state index is 11.0. The van der Waals surface area contributed by atoms with Crippen LogP contribution in [-0.4, -0.2) is 12.2 Å². The SMILES string of the molecule is COc1ccc(C(O)c2cc3ccccc3c3ccccc23)cc1. The molecule has 4 aromatic carbocycles. The predicted molar refractivity (Wildman–Crippen MR) is 98.5 cm³/mol. The van der Waals surface area contributed by atoms with Crippen LogP contribution in [0.3, 0.4) is 0 Å². The van der Waals surface area contributed by atoms with Crippen LogP contribution in [0.15, 0.2) is 78.9 Å². The van der Waals surface area contributed by atoms with Crippen molar-refractivity contribution in [3.63, 3.8) is 0 Å². The van der Waals surface area contributed by atoms with Crippen LogP contribution in [0.2, 0.25) is 0 Å². The van der Waals surface area contributed by atoms with Crippen molar-refractivity contribution in [1.82, 2.24) is 0 Å². The Bertz CT molecular complexity index is 1000. The second-order valence-electron chi connectivity index (χ2n) is 5.91. The third-order valence-electron chi connectivity index (χ3n) is 4.53. The molecule has 0 aliphatic heterocycles. The van der Waals surface area contributed by atoms with Crippen molar-refractivity contribution < 1.29 is 9.84 Å². The minimum absolute atomic E-state index is 0.676. The van der Waals surface area contributed by atoms with Gasteiger partial charge < -0.3 is 9.84 Å². The smallest absolute Gasteiger partial charge is 0.118 e. The van der Waals surface area contributed by atoms with Crippen LogP contribution in [0.4, 0.5) is 0 Å². The number of hydrogen-bond acceptors (Lipinski definition) is 2. The molecular weight excluding hydrogens is 296 g/mol. The Kier molecular flexibility index (Phi) is 3.68. The van der Waals surface area contributed by atoms with Gasteiger partial charge in [-0.25, -0.2) is 0 Å². The Morgan fingerprint density at radius 1 is 0.750 bits per heavy atom. The fourth-order valence-electron chi connectivity index (χ4n) is 3.28. The number of benzene rings is 4. The quantitative estimate of drug-likeness (QED) is 0.534. The van der Waals surface area contributed by atoms with E-state index in [-0.39, 0.29) is 0 Å². The zero-order valence-corrected chi connectivity index (χ0v) is 13.4. The van der Waals surface area contributed by atoms with Crippen molar-refractivity contribution in [3.05, 3.63) is 90.0 Å². The second kappa shape index (κ2) is 5.99. The molecule has 1 unspecified atom stereocenters. The van der Waals surface area contributed by atoms with E-state index in [1.54, 1.807) is 7.11 Å². The van der Waals surface area contributed by atoms with E-state index in [4.69, 9.17) is 4.74 Å². The topological polar surface area (TPSA) is 29.5 Å². The van der Waals surface area contributed by atoms with Gasteiger partial charge in [0.15, 0.2) is 0 Å². The zero-order valence-electron chi connectivity index (χ0n) is 13.4. The van der Waals surface area contributed by atoms with Crippen molar-refractivity contribution in [2.75, 3.05) is 7.11 Å². The molecule has 1 atom stereocenters. The standard InChI is InChI=1S/C22H18O2/c1-24-17-12-10-15(11-13-17)22(23)21-14-16-6-2-3-7-18(16)19-8-4-5-9-20(19)21/h2-14,22-23H,1H3. The van der Waals surface area contributed by atoms with E-state index in [1.807, 2.05) is 48.5 Å². The minimum Gasteiger partial charge on any atom is -0.497 e. The summed E-state index contributed by atoms with van der Waals surface area (Å²) in [5, 5.41) is 15.6. The molecule has 2 nitrogen and oxygen atoms in total. The van der Waals surface area contributed by atoms with Gasteiger partial charge in [0.1, 0.15) is 11.9 Å². The monoisotopic (exact) mass is 314 g/mol. The lowest BCUT2D eigenvalue weighted by Gasteiger charge is -2.16. The maximum Gasteiger partial charge on any atom is 0.118 e. The lowest BCUT2D eigenvalue weighted by molar-refractivity contribution is 0.222. The minimum atomic E-state index is -0.676. The van der Waals surface area contributed by atoms with Gasteiger partial charge in [0.05, 0.1) is 7.11 Å². The molecule has 0 aromatic heterocycles. The molecule has 0 fully saturated rings. The number of aliphatic hydroxyl groups excluding tert-OH is 1. The summed E-state index contributed by atoms with van der Waals surface area (Å²) >= 11 is 0. The Labute approximate surface area is 140 Å². The van der Waals surface area contributed by atoms with Crippen molar-refractivity contribution in [2.45, 2.75) is 6.10 Å². The van der Waals surface area contributed by atoms with Crippen LogP contribution < -0.4 is 4.74 Å². The molecule has 0 heterocycles. The van der Waals surface area contributed by atoms with Gasteiger partial charge in [-0.1, -0.05) is 60.7 Å². The zero-order chi connectivity index (χ0) is 16.5. The van der Waals surface area contributed by atoms with Gasteiger partial charge in [-0.3, -0.25) is 0 Å². The highest BCUT2D eigenvalue weighted by atomic mass is 16.5. The first-order valence-electron chi connectivity index (χ1n) is 8.00. The van der Waals surface area contributed by atoms with Gasteiger partial charge in [0, 0.05) is 0 Å². The van der Waals surface area contributed by atoms with Crippen LogP contribution in [0.5, 0.6) is 5.75 Å². The molecule has 0 aliphatic carbocycles. The molecule has 0 saturated heterocycles. The Morgan fingerprint density at radius 2 is 1.38 bits per heavy atom. The van der Waals surface area contributed by atoms with Gasteiger partial charge in [-0.2, -0.15) is 0 Å². The highest BCUT2D eigenvalue weighted by Gasteiger charge is 2.15. The van der Waals surface area contributed by atoms with E-state index in [9.17, 15) is 5.11 Å². The molecule has 0 amide bonds. The van der Waals surface area contributed by atoms with Crippen LogP contribution in [0.1, 0.15) is 17.2 Å². The summed E-state index contributed by atoms with van der Waals surface area (Å²) in [5.74, 6) is 0.786. The number of rotatable bonds is 3. The Hall–Kier alpha value is -2.84. The second-order valence-corrected chi connectivity index (χ2v) is 5.91. The van der Waals surface area contributed by atoms with Gasteiger partial charge in [0.2, 0.25) is 0 Å². The highest BCUT2D eigenvalue weighted by molar-refractivity contribution is 6.09. The molecule has 4 rings (SSSR count). The number of ether oxygens (including phenoxy) is 1. The first-order valence-corrected chi connectivity index (χ1v) is 8.00. The summed E-state index contributed by atoms with van der Waals surface area (Å²) in [6, 6.07) is 26.2. The number of hydrogen-bond donors (Lipinski definition) is 1. The van der Waals surface area contributed by atoms with Crippen molar-refractivity contribution in [1.29, 1.82) is 0 Å². The van der Waals surface area contributed by atoms with Gasteiger partial charge in [-0.15, -0.1) is 0 Å². The van der Waals surface area contributed by atoms with Gasteiger partial charge >= 0.3 is 0 Å². The molecule has 1 N–H and O–H groups in total. The average Bonchev–Trinajstić information content (AvgIpc) is 2.67. The van der Waals surface area contributed by atoms with E-state index in [0.29, 0.717) is 0 Å². The number of fused-ring (bicyclic) bond motifs is 3. The molecular formula is C22H18O2. The van der Waals surface area contributed by atoms with Crippen LogP contribution in [-0.2, 0) is 0 Å². The van der Waals surface area contributed by atoms with Crippen molar-refractivity contribution in [2.24, 2.45) is 0 Å². The highest BCUT2D eigenvalue weighted by Crippen LogP contribution is 2.34. The first kappa shape index (κ1) is 14.7. The van der Waals surface area contributed by atoms with E-state index >= 15 is 0 Å². The fourth-order valence-corrected chi connectivity index (χ4v) is 3.28. The third-order valence-corrected chi connectivity index (χ3v) is 4.53. The van der Waals surface area contributed by atoms with Crippen molar-refractivity contribution in [3.8, 4) is 5.75 Å². The average molecular weight is 314 g/mol. The molecule has 0 radical (unpaired) electrons. The van der Waals surface area contributed by atoms with Crippen molar-refractivity contribution >= 4 is 21.5 Å². The lowest BCUT2D eigenvalue weighted by Crippen LogP contribution is -2.01. The summed E-state index contributed by atoms with van der Waals surface area (Å²) in [6.45, 7) is 0. The summed E-state index contributed by atoms with van der Waals surface area (Å²) in [5.41, 5.74) is 1.78. The number of methoxy groups -OCH3 is 1. The number of aliphatic hydroxyl groups is 1. The van der Waals surface area contributed by atoms with E-state index in [1.165, 1.54) is 5.39 Å². The van der Waals surface area contributed by atoms with Gasteiger partial charge in [-0.05, 0) is 50.9 Å². The largest absolute Gasteiger partial charge is 0.497 e. The molecule has 0 aliphatic rings. The normalized spacial score (nSPS) is 12.4. The molecule has 2 heteroatoms. The van der Waals surface area contributed by atoms with Crippen LogP contribution in [0, 0.1) is 0 Å². The Balaban J connectivity index is 1.93.